The smallest absolute Gasteiger partial charge is 0.321 e. The number of aromatic hydroxyl groups is 1. The predicted octanol–water partition coefficient (Wildman–Crippen LogP) is 2.75. The van der Waals surface area contributed by atoms with Gasteiger partial charge in [-0.2, -0.15) is 0 Å². The normalized spacial score (nSPS) is 10.0. The Morgan fingerprint density at radius 3 is 2.33 bits per heavy atom. The molecule has 0 spiro atoms. The van der Waals surface area contributed by atoms with Crippen molar-refractivity contribution in [3.63, 3.8) is 0 Å². The molecule has 0 radical (unpaired) electrons. The van der Waals surface area contributed by atoms with Crippen molar-refractivity contribution < 1.29 is 14.6 Å². The zero-order valence-electron chi connectivity index (χ0n) is 12.0. The van der Waals surface area contributed by atoms with Gasteiger partial charge in [-0.1, -0.05) is 12.1 Å². The minimum atomic E-state index is -0.212. The minimum Gasteiger partial charge on any atom is -0.508 e. The second kappa shape index (κ2) is 6.65. The number of methoxy groups -OCH3 is 1. The van der Waals surface area contributed by atoms with Crippen molar-refractivity contribution in [3.8, 4) is 11.5 Å². The number of amides is 2. The van der Waals surface area contributed by atoms with Gasteiger partial charge in [0.25, 0.3) is 0 Å². The minimum absolute atomic E-state index is 0.172. The highest BCUT2D eigenvalue weighted by atomic mass is 16.5. The molecule has 0 heterocycles. The van der Waals surface area contributed by atoms with Crippen LogP contribution in [0, 0.1) is 0 Å². The highest BCUT2D eigenvalue weighted by Crippen LogP contribution is 2.17. The summed E-state index contributed by atoms with van der Waals surface area (Å²) in [6, 6.07) is 13.8. The van der Waals surface area contributed by atoms with Gasteiger partial charge in [0, 0.05) is 19.3 Å². The third-order valence-electron chi connectivity index (χ3n) is 3.14. The second-order valence-electron chi connectivity index (χ2n) is 4.58. The van der Waals surface area contributed by atoms with Crippen LogP contribution < -0.4 is 15.0 Å². The Morgan fingerprint density at radius 1 is 1.14 bits per heavy atom. The van der Waals surface area contributed by atoms with Gasteiger partial charge in [0.05, 0.1) is 7.11 Å². The Bertz CT molecular complexity index is 594. The fourth-order valence-corrected chi connectivity index (χ4v) is 1.83. The van der Waals surface area contributed by atoms with E-state index in [9.17, 15) is 9.90 Å². The number of nitrogens with one attached hydrogen (secondary N) is 1. The number of benzene rings is 2. The zero-order chi connectivity index (χ0) is 15.2. The summed E-state index contributed by atoms with van der Waals surface area (Å²) in [6.45, 7) is 0.436. The van der Waals surface area contributed by atoms with Gasteiger partial charge in [0.1, 0.15) is 11.5 Å². The van der Waals surface area contributed by atoms with E-state index in [1.165, 1.54) is 4.90 Å². The van der Waals surface area contributed by atoms with Crippen molar-refractivity contribution in [1.82, 2.24) is 5.32 Å². The molecular weight excluding hydrogens is 268 g/mol. The number of phenolic OH excluding ortho intramolecular Hbond substituents is 1. The van der Waals surface area contributed by atoms with Crippen LogP contribution in [0.2, 0.25) is 0 Å². The first-order valence-electron chi connectivity index (χ1n) is 6.53. The monoisotopic (exact) mass is 286 g/mol. The molecule has 2 aromatic carbocycles. The lowest BCUT2D eigenvalue weighted by molar-refractivity contribution is 0.247. The molecule has 0 aliphatic carbocycles. The highest BCUT2D eigenvalue weighted by molar-refractivity contribution is 5.91. The first-order valence-corrected chi connectivity index (χ1v) is 6.53. The van der Waals surface area contributed by atoms with Gasteiger partial charge >= 0.3 is 6.03 Å². The van der Waals surface area contributed by atoms with E-state index in [-0.39, 0.29) is 11.8 Å². The Labute approximate surface area is 123 Å². The third kappa shape index (κ3) is 3.89. The number of urea groups is 1. The third-order valence-corrected chi connectivity index (χ3v) is 3.14. The molecule has 0 unspecified atom stereocenters. The number of nitrogens with zero attached hydrogens (tertiary/aromatic N) is 1. The van der Waals surface area contributed by atoms with Crippen LogP contribution in [0.25, 0.3) is 0 Å². The average Bonchev–Trinajstić information content (AvgIpc) is 2.53. The Hall–Kier alpha value is -2.69. The molecule has 0 fully saturated rings. The number of anilines is 1. The van der Waals surface area contributed by atoms with Crippen LogP contribution in [0.4, 0.5) is 10.5 Å². The second-order valence-corrected chi connectivity index (χ2v) is 4.58. The Balaban J connectivity index is 1.92. The van der Waals surface area contributed by atoms with Crippen LogP contribution in [0.3, 0.4) is 0 Å². The van der Waals surface area contributed by atoms with Crippen molar-refractivity contribution in [2.75, 3.05) is 19.1 Å². The van der Waals surface area contributed by atoms with E-state index in [2.05, 4.69) is 5.32 Å². The Kier molecular flexibility index (Phi) is 4.66. The van der Waals surface area contributed by atoms with Gasteiger partial charge in [-0.25, -0.2) is 4.79 Å². The van der Waals surface area contributed by atoms with Gasteiger partial charge in [-0.3, -0.25) is 4.90 Å². The SMILES string of the molecule is COc1ccc(CNC(=O)N(C)c2ccc(O)cc2)cc1. The molecule has 0 aliphatic heterocycles. The van der Waals surface area contributed by atoms with E-state index >= 15 is 0 Å². The van der Waals surface area contributed by atoms with Crippen molar-refractivity contribution in [2.24, 2.45) is 0 Å². The van der Waals surface area contributed by atoms with Gasteiger partial charge < -0.3 is 15.2 Å². The molecule has 0 aromatic heterocycles. The van der Waals surface area contributed by atoms with E-state index in [1.54, 1.807) is 38.4 Å². The number of carbonyl (C=O) groups is 1. The molecule has 0 saturated carbocycles. The van der Waals surface area contributed by atoms with Crippen LogP contribution >= 0.6 is 0 Å². The summed E-state index contributed by atoms with van der Waals surface area (Å²) in [7, 11) is 3.29. The fraction of sp³-hybridized carbons (Fsp3) is 0.188. The largest absolute Gasteiger partial charge is 0.508 e. The maximum Gasteiger partial charge on any atom is 0.321 e. The summed E-state index contributed by atoms with van der Waals surface area (Å²) in [5.74, 6) is 0.956. The van der Waals surface area contributed by atoms with Crippen molar-refractivity contribution in [2.45, 2.75) is 6.54 Å². The lowest BCUT2D eigenvalue weighted by Crippen LogP contribution is -2.36. The molecule has 0 atom stereocenters. The van der Waals surface area contributed by atoms with Gasteiger partial charge in [0.2, 0.25) is 0 Å². The standard InChI is InChI=1S/C16H18N2O3/c1-18(13-5-7-14(19)8-6-13)16(20)17-11-12-3-9-15(21-2)10-4-12/h3-10,19H,11H2,1-2H3,(H,17,20). The number of carbonyl (C=O) groups excluding carboxylic acids is 1. The molecule has 2 rings (SSSR count). The molecule has 0 aliphatic rings. The maximum absolute atomic E-state index is 12.1. The maximum atomic E-state index is 12.1. The predicted molar refractivity (Wildman–Crippen MR) is 81.7 cm³/mol. The lowest BCUT2D eigenvalue weighted by atomic mass is 10.2. The Morgan fingerprint density at radius 2 is 1.76 bits per heavy atom. The zero-order valence-corrected chi connectivity index (χ0v) is 12.0. The van der Waals surface area contributed by atoms with Crippen molar-refractivity contribution in [1.29, 1.82) is 0 Å². The summed E-state index contributed by atoms with van der Waals surface area (Å²) in [5, 5.41) is 12.1. The molecule has 0 bridgehead atoms. The summed E-state index contributed by atoms with van der Waals surface area (Å²) in [4.78, 5) is 13.5. The quantitative estimate of drug-likeness (QED) is 0.908. The fourth-order valence-electron chi connectivity index (χ4n) is 1.83. The van der Waals surface area contributed by atoms with E-state index in [1.807, 2.05) is 24.3 Å². The first-order chi connectivity index (χ1) is 10.1. The van der Waals surface area contributed by atoms with E-state index < -0.39 is 0 Å². The summed E-state index contributed by atoms with van der Waals surface area (Å²) < 4.78 is 5.08. The van der Waals surface area contributed by atoms with Gasteiger partial charge in [-0.15, -0.1) is 0 Å². The molecule has 2 aromatic rings. The average molecular weight is 286 g/mol. The number of hydrogen-bond acceptors (Lipinski definition) is 3. The van der Waals surface area contributed by atoms with Crippen molar-refractivity contribution >= 4 is 11.7 Å². The number of phenols is 1. The summed E-state index contributed by atoms with van der Waals surface area (Å²) >= 11 is 0. The molecule has 0 saturated heterocycles. The summed E-state index contributed by atoms with van der Waals surface area (Å²) in [6.07, 6.45) is 0. The molecule has 110 valence electrons. The van der Waals surface area contributed by atoms with Gasteiger partial charge in [-0.05, 0) is 42.0 Å². The van der Waals surface area contributed by atoms with Crippen LogP contribution in [-0.2, 0) is 6.54 Å². The van der Waals surface area contributed by atoms with E-state index in [0.29, 0.717) is 12.2 Å². The molecule has 5 nitrogen and oxygen atoms in total. The van der Waals surface area contributed by atoms with Crippen LogP contribution in [0.5, 0.6) is 11.5 Å². The van der Waals surface area contributed by atoms with E-state index in [4.69, 9.17) is 4.74 Å². The summed E-state index contributed by atoms with van der Waals surface area (Å²) in [5.41, 5.74) is 1.70. The lowest BCUT2D eigenvalue weighted by Gasteiger charge is -2.18. The molecule has 5 heteroatoms. The van der Waals surface area contributed by atoms with Crippen LogP contribution in [0.1, 0.15) is 5.56 Å². The molecular formula is C16H18N2O3. The van der Waals surface area contributed by atoms with E-state index in [0.717, 1.165) is 11.3 Å². The van der Waals surface area contributed by atoms with Crippen LogP contribution in [-0.4, -0.2) is 25.3 Å². The topological polar surface area (TPSA) is 61.8 Å². The molecule has 21 heavy (non-hydrogen) atoms. The molecule has 2 amide bonds. The molecule has 2 N–H and O–H groups in total. The highest BCUT2D eigenvalue weighted by Gasteiger charge is 2.10. The number of ether oxygens (including phenoxy) is 1. The number of rotatable bonds is 4. The van der Waals surface area contributed by atoms with Crippen molar-refractivity contribution in [3.05, 3.63) is 54.1 Å². The number of hydrogen-bond donors (Lipinski definition) is 2. The van der Waals surface area contributed by atoms with Gasteiger partial charge in [0.15, 0.2) is 0 Å². The van der Waals surface area contributed by atoms with Crippen LogP contribution in [0.15, 0.2) is 48.5 Å². The first kappa shape index (κ1) is 14.7.